The van der Waals surface area contributed by atoms with Crippen LogP contribution in [0.3, 0.4) is 0 Å². The Morgan fingerprint density at radius 3 is 2.90 bits per heavy atom. The lowest BCUT2D eigenvalue weighted by atomic mass is 9.94. The van der Waals surface area contributed by atoms with Crippen LogP contribution in [-0.4, -0.2) is 24.4 Å². The van der Waals surface area contributed by atoms with Crippen LogP contribution in [0.25, 0.3) is 0 Å². The number of benzene rings is 1. The Morgan fingerprint density at radius 2 is 2.15 bits per heavy atom. The van der Waals surface area contributed by atoms with E-state index in [0.29, 0.717) is 12.8 Å². The van der Waals surface area contributed by atoms with Gasteiger partial charge < -0.3 is 4.90 Å². The molecule has 0 radical (unpaired) electrons. The molecule has 0 aliphatic carbocycles. The lowest BCUT2D eigenvalue weighted by Gasteiger charge is -2.38. The zero-order chi connectivity index (χ0) is 14.1. The first-order chi connectivity index (χ1) is 9.69. The Hall–Kier alpha value is -1.84. The van der Waals surface area contributed by atoms with Gasteiger partial charge >= 0.3 is 0 Å². The number of rotatable bonds is 2. The molecule has 1 aromatic carbocycles. The lowest BCUT2D eigenvalue weighted by Crippen LogP contribution is -2.53. The van der Waals surface area contributed by atoms with Crippen molar-refractivity contribution in [3.05, 3.63) is 29.3 Å². The summed E-state index contributed by atoms with van der Waals surface area (Å²) in [5.74, 6) is -0.293. The van der Waals surface area contributed by atoms with E-state index in [-0.39, 0.29) is 17.9 Å². The molecule has 106 valence electrons. The van der Waals surface area contributed by atoms with Crippen molar-refractivity contribution in [2.45, 2.75) is 45.1 Å². The minimum atomic E-state index is -0.195. The number of imide groups is 1. The molecular weight excluding hydrogens is 252 g/mol. The van der Waals surface area contributed by atoms with E-state index in [0.717, 1.165) is 25.8 Å². The normalized spacial score (nSPS) is 22.4. The number of amides is 2. The van der Waals surface area contributed by atoms with Gasteiger partial charge in [0.05, 0.1) is 0 Å². The third-order valence-corrected chi connectivity index (χ3v) is 4.29. The molecule has 2 heterocycles. The first-order valence-corrected chi connectivity index (χ1v) is 7.41. The van der Waals surface area contributed by atoms with Crippen LogP contribution in [0.4, 0.5) is 5.69 Å². The number of nitrogens with one attached hydrogen (secondary N) is 1. The van der Waals surface area contributed by atoms with Gasteiger partial charge in [-0.05, 0) is 42.9 Å². The average molecular weight is 272 g/mol. The van der Waals surface area contributed by atoms with Crippen molar-refractivity contribution in [1.82, 2.24) is 5.32 Å². The Bertz CT molecular complexity index is 553. The van der Waals surface area contributed by atoms with Crippen LogP contribution >= 0.6 is 0 Å². The van der Waals surface area contributed by atoms with Gasteiger partial charge in [0.25, 0.3) is 0 Å². The number of hydrogen-bond donors (Lipinski definition) is 1. The molecule has 4 nitrogen and oxygen atoms in total. The average Bonchev–Trinajstić information content (AvgIpc) is 2.46. The van der Waals surface area contributed by atoms with Gasteiger partial charge in [-0.25, -0.2) is 0 Å². The summed E-state index contributed by atoms with van der Waals surface area (Å²) in [7, 11) is 0. The molecule has 2 amide bonds. The number of fused-ring (bicyclic) bond motifs is 1. The fourth-order valence-electron chi connectivity index (χ4n) is 3.20. The van der Waals surface area contributed by atoms with Crippen LogP contribution in [-0.2, 0) is 22.4 Å². The van der Waals surface area contributed by atoms with Gasteiger partial charge in [-0.1, -0.05) is 19.1 Å². The topological polar surface area (TPSA) is 49.4 Å². The fraction of sp³-hybridized carbons (Fsp3) is 0.500. The van der Waals surface area contributed by atoms with Crippen LogP contribution in [0.15, 0.2) is 18.2 Å². The van der Waals surface area contributed by atoms with E-state index in [4.69, 9.17) is 0 Å². The summed E-state index contributed by atoms with van der Waals surface area (Å²) in [4.78, 5) is 25.5. The summed E-state index contributed by atoms with van der Waals surface area (Å²) in [6.45, 7) is 3.05. The molecule has 2 aliphatic heterocycles. The summed E-state index contributed by atoms with van der Waals surface area (Å²) in [6.07, 6.45) is 4.24. The van der Waals surface area contributed by atoms with E-state index in [1.807, 2.05) is 0 Å². The molecule has 1 N–H and O–H groups in total. The maximum Gasteiger partial charge on any atom is 0.249 e. The van der Waals surface area contributed by atoms with E-state index in [1.54, 1.807) is 0 Å². The van der Waals surface area contributed by atoms with Gasteiger partial charge in [0.2, 0.25) is 11.8 Å². The Morgan fingerprint density at radius 1 is 1.30 bits per heavy atom. The predicted molar refractivity (Wildman–Crippen MR) is 77.7 cm³/mol. The molecular formula is C16H20N2O2. The highest BCUT2D eigenvalue weighted by atomic mass is 16.2. The van der Waals surface area contributed by atoms with E-state index in [9.17, 15) is 9.59 Å². The van der Waals surface area contributed by atoms with Crippen molar-refractivity contribution in [2.24, 2.45) is 0 Å². The summed E-state index contributed by atoms with van der Waals surface area (Å²) in [6, 6.07) is 6.34. The molecule has 20 heavy (non-hydrogen) atoms. The summed E-state index contributed by atoms with van der Waals surface area (Å²) in [5, 5.41) is 2.46. The standard InChI is InChI=1S/C16H20N2O2/c1-2-11-5-6-13-12(10-11)4-3-9-18(13)14-7-8-15(19)17-16(14)20/h5-6,10,14H,2-4,7-9H2,1H3,(H,17,19,20). The second-order valence-electron chi connectivity index (χ2n) is 5.58. The highest BCUT2D eigenvalue weighted by molar-refractivity contribution is 6.01. The van der Waals surface area contributed by atoms with Crippen molar-refractivity contribution in [3.8, 4) is 0 Å². The molecule has 4 heteroatoms. The molecule has 0 aromatic heterocycles. The highest BCUT2D eigenvalue weighted by Crippen LogP contribution is 2.31. The van der Waals surface area contributed by atoms with Crippen molar-refractivity contribution in [1.29, 1.82) is 0 Å². The number of hydrogen-bond acceptors (Lipinski definition) is 3. The maximum absolute atomic E-state index is 12.1. The lowest BCUT2D eigenvalue weighted by molar-refractivity contribution is -0.134. The number of carbonyl (C=O) groups is 2. The molecule has 0 saturated carbocycles. The minimum Gasteiger partial charge on any atom is -0.359 e. The molecule has 1 saturated heterocycles. The molecule has 2 aliphatic rings. The summed E-state index contributed by atoms with van der Waals surface area (Å²) >= 11 is 0. The van der Waals surface area contributed by atoms with Crippen LogP contribution in [0.5, 0.6) is 0 Å². The van der Waals surface area contributed by atoms with Gasteiger partial charge in [0.1, 0.15) is 6.04 Å². The largest absolute Gasteiger partial charge is 0.359 e. The van der Waals surface area contributed by atoms with Gasteiger partial charge in [0.15, 0.2) is 0 Å². The van der Waals surface area contributed by atoms with Gasteiger partial charge in [0, 0.05) is 18.7 Å². The predicted octanol–water partition coefficient (Wildman–Crippen LogP) is 1.81. The van der Waals surface area contributed by atoms with Gasteiger partial charge in [-0.2, -0.15) is 0 Å². The zero-order valence-corrected chi connectivity index (χ0v) is 11.8. The number of nitrogens with zero attached hydrogens (tertiary/aromatic N) is 1. The van der Waals surface area contributed by atoms with Crippen LogP contribution < -0.4 is 10.2 Å². The molecule has 1 fully saturated rings. The molecule has 1 atom stereocenters. The molecule has 0 spiro atoms. The van der Waals surface area contributed by atoms with Gasteiger partial charge in [-0.3, -0.25) is 14.9 Å². The van der Waals surface area contributed by atoms with Crippen molar-refractivity contribution in [3.63, 3.8) is 0 Å². The number of aryl methyl sites for hydroxylation is 2. The SMILES string of the molecule is CCc1ccc2c(c1)CCCN2C1CCC(=O)NC1=O. The highest BCUT2D eigenvalue weighted by Gasteiger charge is 2.33. The Labute approximate surface area is 119 Å². The monoisotopic (exact) mass is 272 g/mol. The van der Waals surface area contributed by atoms with Crippen molar-refractivity contribution >= 4 is 17.5 Å². The van der Waals surface area contributed by atoms with Gasteiger partial charge in [-0.15, -0.1) is 0 Å². The van der Waals surface area contributed by atoms with E-state index in [1.165, 1.54) is 16.8 Å². The van der Waals surface area contributed by atoms with E-state index < -0.39 is 0 Å². The first-order valence-electron chi connectivity index (χ1n) is 7.41. The van der Waals surface area contributed by atoms with Crippen LogP contribution in [0.2, 0.25) is 0 Å². The van der Waals surface area contributed by atoms with Crippen LogP contribution in [0, 0.1) is 0 Å². The number of piperidine rings is 1. The zero-order valence-electron chi connectivity index (χ0n) is 11.8. The van der Waals surface area contributed by atoms with Crippen LogP contribution in [0.1, 0.15) is 37.3 Å². The van der Waals surface area contributed by atoms with Crippen molar-refractivity contribution in [2.75, 3.05) is 11.4 Å². The molecule has 1 aromatic rings. The number of carbonyl (C=O) groups excluding carboxylic acids is 2. The second kappa shape index (κ2) is 5.27. The van der Waals surface area contributed by atoms with E-state index in [2.05, 4.69) is 35.3 Å². The quantitative estimate of drug-likeness (QED) is 0.835. The maximum atomic E-state index is 12.1. The molecule has 0 bridgehead atoms. The number of anilines is 1. The molecule has 1 unspecified atom stereocenters. The Balaban J connectivity index is 1.90. The second-order valence-corrected chi connectivity index (χ2v) is 5.58. The molecule has 3 rings (SSSR count). The van der Waals surface area contributed by atoms with Crippen molar-refractivity contribution < 1.29 is 9.59 Å². The minimum absolute atomic E-state index is 0.145. The smallest absolute Gasteiger partial charge is 0.249 e. The third kappa shape index (κ3) is 2.30. The Kier molecular flexibility index (Phi) is 3.47. The third-order valence-electron chi connectivity index (χ3n) is 4.29. The summed E-state index contributed by atoms with van der Waals surface area (Å²) < 4.78 is 0. The first kappa shape index (κ1) is 13.2. The summed E-state index contributed by atoms with van der Waals surface area (Å²) in [5.41, 5.74) is 3.84. The fourth-order valence-corrected chi connectivity index (χ4v) is 3.20. The van der Waals surface area contributed by atoms with E-state index >= 15 is 0 Å².